The van der Waals surface area contributed by atoms with Crippen molar-refractivity contribution in [1.29, 1.82) is 0 Å². The third-order valence-electron chi connectivity index (χ3n) is 3.97. The Morgan fingerprint density at radius 1 is 1.48 bits per heavy atom. The number of aliphatic hydroxyl groups excluding tert-OH is 2. The van der Waals surface area contributed by atoms with Crippen molar-refractivity contribution in [3.05, 3.63) is 32.9 Å². The van der Waals surface area contributed by atoms with Gasteiger partial charge < -0.3 is 14.9 Å². The van der Waals surface area contributed by atoms with Crippen LogP contribution >= 0.6 is 0 Å². The normalized spacial score (nSPS) is 17.2. The largest absolute Gasteiger partial charge is 0.396 e. The van der Waals surface area contributed by atoms with E-state index in [1.165, 1.54) is 7.11 Å². The second kappa shape index (κ2) is 6.97. The van der Waals surface area contributed by atoms with E-state index in [4.69, 9.17) is 4.74 Å². The molecule has 1 rings (SSSR count). The molecule has 0 aliphatic rings. The highest BCUT2D eigenvalue weighted by atomic mass is 19.1. The molecule has 3 atom stereocenters. The van der Waals surface area contributed by atoms with Gasteiger partial charge in [0.1, 0.15) is 6.23 Å². The molecule has 2 unspecified atom stereocenters. The molecule has 7 nitrogen and oxygen atoms in total. The molecule has 21 heavy (non-hydrogen) atoms. The highest BCUT2D eigenvalue weighted by Crippen LogP contribution is 2.35. The Balaban J connectivity index is 3.17. The van der Waals surface area contributed by atoms with Crippen LogP contribution in [0.25, 0.3) is 0 Å². The Morgan fingerprint density at radius 2 is 2.10 bits per heavy atom. The second-order valence-corrected chi connectivity index (χ2v) is 5.43. The number of hydrogen-bond donors (Lipinski definition) is 3. The van der Waals surface area contributed by atoms with Crippen LogP contribution in [-0.4, -0.2) is 40.1 Å². The number of aromatic amines is 1. The van der Waals surface area contributed by atoms with Crippen molar-refractivity contribution in [3.8, 4) is 0 Å². The maximum Gasteiger partial charge on any atom is 0.330 e. The third kappa shape index (κ3) is 3.78. The van der Waals surface area contributed by atoms with Crippen LogP contribution in [-0.2, 0) is 4.74 Å². The molecule has 3 N–H and O–H groups in total. The van der Waals surface area contributed by atoms with Crippen LogP contribution in [0.5, 0.6) is 0 Å². The van der Waals surface area contributed by atoms with Gasteiger partial charge in [0.25, 0.3) is 5.56 Å². The molecule has 1 aromatic heterocycles. The van der Waals surface area contributed by atoms with Gasteiger partial charge in [-0.3, -0.25) is 14.3 Å². The fourth-order valence-corrected chi connectivity index (χ4v) is 2.01. The van der Waals surface area contributed by atoms with Gasteiger partial charge in [-0.25, -0.2) is 4.79 Å². The van der Waals surface area contributed by atoms with E-state index in [1.54, 1.807) is 13.8 Å². The Kier molecular flexibility index (Phi) is 5.82. The predicted octanol–water partition coefficient (Wildman–Crippen LogP) is -0.162. The average molecular weight is 304 g/mol. The summed E-state index contributed by atoms with van der Waals surface area (Å²) < 4.78 is 19.5. The lowest BCUT2D eigenvalue weighted by molar-refractivity contribution is -0.0436. The number of ether oxygens (including phenoxy) is 1. The summed E-state index contributed by atoms with van der Waals surface area (Å²) in [4.78, 5) is 24.6. The maximum atomic E-state index is 13.3. The summed E-state index contributed by atoms with van der Waals surface area (Å²) in [5.74, 6) is -1.36. The van der Waals surface area contributed by atoms with Crippen molar-refractivity contribution in [3.63, 3.8) is 0 Å². The molecular weight excluding hydrogens is 283 g/mol. The molecule has 1 heterocycles. The van der Waals surface area contributed by atoms with E-state index in [-0.39, 0.29) is 25.6 Å². The molecule has 0 aromatic carbocycles. The van der Waals surface area contributed by atoms with Crippen molar-refractivity contribution in [2.75, 3.05) is 20.3 Å². The summed E-state index contributed by atoms with van der Waals surface area (Å²) in [6, 6.07) is 0. The highest BCUT2D eigenvalue weighted by molar-refractivity contribution is 4.90. The molecule has 0 spiro atoms. The van der Waals surface area contributed by atoms with Gasteiger partial charge in [-0.2, -0.15) is 4.39 Å². The highest BCUT2D eigenvalue weighted by Gasteiger charge is 2.34. The Bertz CT molecular complexity index is 585. The monoisotopic (exact) mass is 304 g/mol. The summed E-state index contributed by atoms with van der Waals surface area (Å²) >= 11 is 0. The van der Waals surface area contributed by atoms with Gasteiger partial charge in [0.15, 0.2) is 0 Å². The molecule has 1 aromatic rings. The first-order valence-corrected chi connectivity index (χ1v) is 6.54. The summed E-state index contributed by atoms with van der Waals surface area (Å²) in [6.07, 6.45) is 0.0548. The smallest absolute Gasteiger partial charge is 0.330 e. The second-order valence-electron chi connectivity index (χ2n) is 5.43. The first kappa shape index (κ1) is 17.5. The molecule has 0 saturated carbocycles. The lowest BCUT2D eigenvalue weighted by Gasteiger charge is -2.36. The van der Waals surface area contributed by atoms with Gasteiger partial charge in [-0.15, -0.1) is 0 Å². The van der Waals surface area contributed by atoms with E-state index in [0.717, 1.165) is 10.8 Å². The van der Waals surface area contributed by atoms with E-state index < -0.39 is 28.7 Å². The van der Waals surface area contributed by atoms with Crippen molar-refractivity contribution >= 4 is 0 Å². The van der Waals surface area contributed by atoms with Crippen LogP contribution < -0.4 is 11.2 Å². The van der Waals surface area contributed by atoms with Crippen LogP contribution in [0, 0.1) is 17.2 Å². The van der Waals surface area contributed by atoms with E-state index in [9.17, 15) is 24.2 Å². The molecule has 0 radical (unpaired) electrons. The molecule has 8 heteroatoms. The van der Waals surface area contributed by atoms with Gasteiger partial charge in [-0.05, 0) is 11.3 Å². The summed E-state index contributed by atoms with van der Waals surface area (Å²) in [6.45, 7) is 3.09. The molecule has 0 fully saturated rings. The minimum atomic E-state index is -1.10. The zero-order chi connectivity index (χ0) is 16.2. The fourth-order valence-electron chi connectivity index (χ4n) is 2.01. The minimum Gasteiger partial charge on any atom is -0.396 e. The molecule has 0 aliphatic heterocycles. The number of hydrogen-bond acceptors (Lipinski definition) is 5. The first-order chi connectivity index (χ1) is 9.78. The molecular formula is C13H21FN2O5. The number of H-pyrrole nitrogens is 1. The van der Waals surface area contributed by atoms with Crippen LogP contribution in [0.15, 0.2) is 15.8 Å². The number of halogens is 1. The van der Waals surface area contributed by atoms with Crippen LogP contribution in [0.1, 0.15) is 26.5 Å². The number of aromatic nitrogens is 2. The Hall–Kier alpha value is -1.51. The number of aliphatic hydroxyl groups is 2. The van der Waals surface area contributed by atoms with Crippen molar-refractivity contribution in [2.24, 2.45) is 11.3 Å². The third-order valence-corrected chi connectivity index (χ3v) is 3.97. The van der Waals surface area contributed by atoms with Gasteiger partial charge in [0.2, 0.25) is 5.82 Å². The van der Waals surface area contributed by atoms with E-state index >= 15 is 0 Å². The molecule has 0 aliphatic carbocycles. The standard InChI is InChI=1S/C13H21FN2O5/c1-8(6-17)13(2,7-18)4-10(21-3)16-5-9(14)11(19)15-12(16)20/h5,8,10,17-18H,4,6-7H2,1-3H3,(H,15,19,20)/t8?,10?,13-/m0/s1. The molecule has 0 saturated heterocycles. The van der Waals surface area contributed by atoms with Gasteiger partial charge in [0, 0.05) is 26.7 Å². The van der Waals surface area contributed by atoms with E-state index in [0.29, 0.717) is 0 Å². The Labute approximate surface area is 121 Å². The van der Waals surface area contributed by atoms with E-state index in [2.05, 4.69) is 0 Å². The van der Waals surface area contributed by atoms with Gasteiger partial charge >= 0.3 is 5.69 Å². The minimum absolute atomic E-state index is 0.150. The summed E-state index contributed by atoms with van der Waals surface area (Å²) in [5.41, 5.74) is -2.63. The van der Waals surface area contributed by atoms with Crippen LogP contribution in [0.2, 0.25) is 0 Å². The summed E-state index contributed by atoms with van der Waals surface area (Å²) in [7, 11) is 1.33. The topological polar surface area (TPSA) is 105 Å². The van der Waals surface area contributed by atoms with Crippen molar-refractivity contribution in [1.82, 2.24) is 9.55 Å². The van der Waals surface area contributed by atoms with Gasteiger partial charge in [0.05, 0.1) is 6.20 Å². The summed E-state index contributed by atoms with van der Waals surface area (Å²) in [5, 5.41) is 18.8. The number of nitrogens with zero attached hydrogens (tertiary/aromatic N) is 1. The number of rotatable bonds is 7. The molecule has 0 bridgehead atoms. The van der Waals surface area contributed by atoms with Gasteiger partial charge in [-0.1, -0.05) is 13.8 Å². The SMILES string of the molecule is COC(C[C@@](C)(CO)C(C)CO)n1cc(F)c(=O)[nH]c1=O. The van der Waals surface area contributed by atoms with E-state index in [1.807, 2.05) is 4.98 Å². The lowest BCUT2D eigenvalue weighted by atomic mass is 9.76. The zero-order valence-corrected chi connectivity index (χ0v) is 12.3. The first-order valence-electron chi connectivity index (χ1n) is 6.54. The zero-order valence-electron chi connectivity index (χ0n) is 12.3. The molecule has 120 valence electrons. The van der Waals surface area contributed by atoms with Crippen molar-refractivity contribution < 1.29 is 19.3 Å². The van der Waals surface area contributed by atoms with Crippen LogP contribution in [0.3, 0.4) is 0 Å². The molecule has 0 amide bonds. The fraction of sp³-hybridized carbons (Fsp3) is 0.692. The average Bonchev–Trinajstić information content (AvgIpc) is 2.47. The van der Waals surface area contributed by atoms with Crippen LogP contribution in [0.4, 0.5) is 4.39 Å². The predicted molar refractivity (Wildman–Crippen MR) is 73.4 cm³/mol. The number of methoxy groups -OCH3 is 1. The Morgan fingerprint density at radius 3 is 2.57 bits per heavy atom. The maximum absolute atomic E-state index is 13.3. The number of nitrogens with one attached hydrogen (secondary N) is 1. The lowest BCUT2D eigenvalue weighted by Crippen LogP contribution is -2.39. The van der Waals surface area contributed by atoms with Crippen molar-refractivity contribution in [2.45, 2.75) is 26.5 Å². The quantitative estimate of drug-likeness (QED) is 0.649.